The first kappa shape index (κ1) is 19.7. The number of hydrogen-bond donors (Lipinski definition) is 2. The van der Waals surface area contributed by atoms with Gasteiger partial charge in [-0.05, 0) is 55.0 Å². The molecule has 2 N–H and O–H groups in total. The molecule has 10 nitrogen and oxygen atoms in total. The molecule has 11 heteroatoms. The summed E-state index contributed by atoms with van der Waals surface area (Å²) < 4.78 is 5.48. The molecule has 0 aromatic heterocycles. The lowest BCUT2D eigenvalue weighted by Crippen LogP contribution is -2.31. The summed E-state index contributed by atoms with van der Waals surface area (Å²) in [7, 11) is 0. The molecule has 0 amide bonds. The van der Waals surface area contributed by atoms with Gasteiger partial charge >= 0.3 is 5.69 Å². The van der Waals surface area contributed by atoms with Crippen molar-refractivity contribution in [1.82, 2.24) is 10.7 Å². The standard InChI is InChI=1S/C16H15N5O5S/c1-2-17-16(27)19-18-10-11-3-6-13(7-4-11)26-15-8-5-12(20(22)23)9-14(15)21(24)25/h3-10H,2H2,1H3,(H2,17,19,27)/b18-10-. The molecule has 0 aliphatic rings. The summed E-state index contributed by atoms with van der Waals surface area (Å²) in [5, 5.41) is 29.1. The van der Waals surface area contributed by atoms with E-state index in [1.807, 2.05) is 6.92 Å². The minimum atomic E-state index is -0.734. The van der Waals surface area contributed by atoms with Gasteiger partial charge in [0.2, 0.25) is 5.75 Å². The number of hydrazone groups is 1. The fraction of sp³-hybridized carbons (Fsp3) is 0.125. The number of nitro groups is 2. The summed E-state index contributed by atoms with van der Waals surface area (Å²) in [6, 6.07) is 9.75. The molecule has 27 heavy (non-hydrogen) atoms. The summed E-state index contributed by atoms with van der Waals surface area (Å²) in [5.41, 5.74) is 2.52. The highest BCUT2D eigenvalue weighted by Crippen LogP contribution is 2.34. The van der Waals surface area contributed by atoms with Crippen LogP contribution in [0.3, 0.4) is 0 Å². The average molecular weight is 389 g/mol. The number of thiocarbonyl (C=S) groups is 1. The van der Waals surface area contributed by atoms with Crippen molar-refractivity contribution < 1.29 is 14.6 Å². The van der Waals surface area contributed by atoms with Crippen LogP contribution in [-0.4, -0.2) is 27.7 Å². The third-order valence-corrected chi connectivity index (χ3v) is 3.41. The molecule has 140 valence electrons. The minimum Gasteiger partial charge on any atom is -0.450 e. The van der Waals surface area contributed by atoms with E-state index in [9.17, 15) is 20.2 Å². The van der Waals surface area contributed by atoms with Crippen molar-refractivity contribution in [2.75, 3.05) is 6.54 Å². The van der Waals surface area contributed by atoms with Gasteiger partial charge in [0.15, 0.2) is 5.11 Å². The number of benzene rings is 2. The SMILES string of the molecule is CCNC(=S)N/N=C\c1ccc(Oc2ccc([N+](=O)[O-])cc2[N+](=O)[O-])cc1. The number of ether oxygens (including phenoxy) is 1. The number of nitrogens with one attached hydrogen (secondary N) is 2. The molecule has 0 fully saturated rings. The molecule has 0 aliphatic carbocycles. The van der Waals surface area contributed by atoms with Crippen LogP contribution in [0, 0.1) is 20.2 Å². The van der Waals surface area contributed by atoms with E-state index >= 15 is 0 Å². The number of nitrogens with zero attached hydrogens (tertiary/aromatic N) is 3. The predicted molar refractivity (Wildman–Crippen MR) is 103 cm³/mol. The first-order valence-electron chi connectivity index (χ1n) is 7.68. The Morgan fingerprint density at radius 3 is 2.48 bits per heavy atom. The topological polar surface area (TPSA) is 132 Å². The number of rotatable bonds is 7. The third kappa shape index (κ3) is 5.71. The van der Waals surface area contributed by atoms with Crippen molar-refractivity contribution in [3.8, 4) is 11.5 Å². The fourth-order valence-corrected chi connectivity index (χ4v) is 2.16. The van der Waals surface area contributed by atoms with Crippen molar-refractivity contribution in [1.29, 1.82) is 0 Å². The smallest absolute Gasteiger partial charge is 0.318 e. The molecule has 0 radical (unpaired) electrons. The van der Waals surface area contributed by atoms with Gasteiger partial charge in [0.05, 0.1) is 22.1 Å². The molecule has 0 atom stereocenters. The van der Waals surface area contributed by atoms with Gasteiger partial charge in [-0.15, -0.1) is 0 Å². The zero-order chi connectivity index (χ0) is 19.8. The maximum Gasteiger partial charge on any atom is 0.318 e. The summed E-state index contributed by atoms with van der Waals surface area (Å²) >= 11 is 4.97. The van der Waals surface area contributed by atoms with Crippen molar-refractivity contribution in [2.45, 2.75) is 6.92 Å². The second kappa shape index (κ2) is 9.20. The van der Waals surface area contributed by atoms with Gasteiger partial charge in [-0.2, -0.15) is 5.10 Å². The molecule has 0 bridgehead atoms. The summed E-state index contributed by atoms with van der Waals surface area (Å²) in [4.78, 5) is 20.4. The number of non-ortho nitro benzene ring substituents is 1. The van der Waals surface area contributed by atoms with Gasteiger partial charge in [0, 0.05) is 12.6 Å². The lowest BCUT2D eigenvalue weighted by molar-refractivity contribution is -0.394. The normalized spacial score (nSPS) is 10.4. The molecule has 0 saturated heterocycles. The Labute approximate surface area is 159 Å². The highest BCUT2D eigenvalue weighted by Gasteiger charge is 2.21. The van der Waals surface area contributed by atoms with Crippen LogP contribution in [0.1, 0.15) is 12.5 Å². The first-order chi connectivity index (χ1) is 12.9. The molecule has 0 heterocycles. The van der Waals surface area contributed by atoms with E-state index in [1.165, 1.54) is 6.07 Å². The Balaban J connectivity index is 2.10. The molecule has 0 saturated carbocycles. The zero-order valence-corrected chi connectivity index (χ0v) is 14.9. The van der Waals surface area contributed by atoms with Crippen LogP contribution in [0.2, 0.25) is 0 Å². The zero-order valence-electron chi connectivity index (χ0n) is 14.1. The molecule has 2 aromatic carbocycles. The van der Waals surface area contributed by atoms with Gasteiger partial charge in [0.25, 0.3) is 5.69 Å². The average Bonchev–Trinajstić information content (AvgIpc) is 2.63. The maximum absolute atomic E-state index is 11.1. The lowest BCUT2D eigenvalue weighted by atomic mass is 10.2. The monoisotopic (exact) mass is 389 g/mol. The van der Waals surface area contributed by atoms with E-state index in [1.54, 1.807) is 30.5 Å². The first-order valence-corrected chi connectivity index (χ1v) is 8.09. The van der Waals surface area contributed by atoms with Crippen molar-refractivity contribution in [3.05, 3.63) is 68.3 Å². The van der Waals surface area contributed by atoms with Gasteiger partial charge < -0.3 is 10.1 Å². The Kier molecular flexibility index (Phi) is 6.72. The maximum atomic E-state index is 11.1. The summed E-state index contributed by atoms with van der Waals surface area (Å²) in [6.45, 7) is 2.59. The highest BCUT2D eigenvalue weighted by atomic mass is 32.1. The van der Waals surface area contributed by atoms with E-state index in [0.717, 1.165) is 17.7 Å². The van der Waals surface area contributed by atoms with Crippen LogP contribution in [0.4, 0.5) is 11.4 Å². The predicted octanol–water partition coefficient (Wildman–Crippen LogP) is 3.11. The number of hydrogen-bond acceptors (Lipinski definition) is 7. The van der Waals surface area contributed by atoms with Crippen LogP contribution in [0.15, 0.2) is 47.6 Å². The third-order valence-electron chi connectivity index (χ3n) is 3.17. The molecule has 0 unspecified atom stereocenters. The van der Waals surface area contributed by atoms with E-state index in [2.05, 4.69) is 15.8 Å². The summed E-state index contributed by atoms with van der Waals surface area (Å²) in [5.74, 6) is 0.241. The van der Waals surface area contributed by atoms with Crippen LogP contribution in [0.25, 0.3) is 0 Å². The van der Waals surface area contributed by atoms with Crippen molar-refractivity contribution in [3.63, 3.8) is 0 Å². The van der Waals surface area contributed by atoms with Crippen LogP contribution < -0.4 is 15.5 Å². The Morgan fingerprint density at radius 1 is 1.19 bits per heavy atom. The van der Waals surface area contributed by atoms with Gasteiger partial charge in [-0.3, -0.25) is 25.7 Å². The summed E-state index contributed by atoms with van der Waals surface area (Å²) in [6.07, 6.45) is 1.54. The quantitative estimate of drug-likeness (QED) is 0.319. The van der Waals surface area contributed by atoms with Gasteiger partial charge in [0.1, 0.15) is 5.75 Å². The molecule has 2 rings (SSSR count). The minimum absolute atomic E-state index is 0.0929. The highest BCUT2D eigenvalue weighted by molar-refractivity contribution is 7.80. The van der Waals surface area contributed by atoms with Crippen molar-refractivity contribution >= 4 is 34.9 Å². The largest absolute Gasteiger partial charge is 0.450 e. The van der Waals surface area contributed by atoms with Crippen LogP contribution in [-0.2, 0) is 0 Å². The molecule has 0 aliphatic heterocycles. The van der Waals surface area contributed by atoms with Crippen LogP contribution in [0.5, 0.6) is 11.5 Å². The number of nitro benzene ring substituents is 2. The molecular formula is C16H15N5O5S. The van der Waals surface area contributed by atoms with Gasteiger partial charge in [-0.1, -0.05) is 0 Å². The van der Waals surface area contributed by atoms with E-state index in [4.69, 9.17) is 17.0 Å². The molecule has 2 aromatic rings. The van der Waals surface area contributed by atoms with Gasteiger partial charge in [-0.25, -0.2) is 0 Å². The Hall–Kier alpha value is -3.60. The molecular weight excluding hydrogens is 374 g/mol. The van der Waals surface area contributed by atoms with E-state index in [0.29, 0.717) is 17.4 Å². The molecule has 0 spiro atoms. The fourth-order valence-electron chi connectivity index (χ4n) is 1.96. The lowest BCUT2D eigenvalue weighted by Gasteiger charge is -2.06. The van der Waals surface area contributed by atoms with E-state index < -0.39 is 15.5 Å². The van der Waals surface area contributed by atoms with E-state index in [-0.39, 0.29) is 11.4 Å². The second-order valence-electron chi connectivity index (χ2n) is 5.07. The Morgan fingerprint density at radius 2 is 1.89 bits per heavy atom. The Bertz CT molecular complexity index is 885. The second-order valence-corrected chi connectivity index (χ2v) is 5.48. The van der Waals surface area contributed by atoms with Crippen LogP contribution >= 0.6 is 12.2 Å². The van der Waals surface area contributed by atoms with Crippen molar-refractivity contribution in [2.24, 2.45) is 5.10 Å².